The summed E-state index contributed by atoms with van der Waals surface area (Å²) in [6, 6.07) is 10.0. The molecule has 13 heteroatoms. The monoisotopic (exact) mass is 612 g/mol. The molecule has 0 aliphatic heterocycles. The van der Waals surface area contributed by atoms with Crippen molar-refractivity contribution >= 4 is 40.1 Å². The van der Waals surface area contributed by atoms with E-state index in [0.717, 1.165) is 60.8 Å². The number of nitrogens with one attached hydrogen (secondary N) is 3. The molecule has 5 rings (SSSR count). The molecule has 0 radical (unpaired) electrons. The molecule has 0 bridgehead atoms. The Kier molecular flexibility index (Phi) is 9.23. The Labute approximate surface area is 253 Å². The van der Waals surface area contributed by atoms with Crippen LogP contribution in [-0.4, -0.2) is 47.3 Å². The fraction of sp³-hybridized carbons (Fsp3) is 0.419. The lowest BCUT2D eigenvalue weighted by Crippen LogP contribution is -2.43. The number of amides is 3. The number of rotatable bonds is 9. The van der Waals surface area contributed by atoms with Gasteiger partial charge < -0.3 is 20.1 Å². The van der Waals surface area contributed by atoms with Gasteiger partial charge in [0.15, 0.2) is 6.04 Å². The van der Waals surface area contributed by atoms with Gasteiger partial charge in [0.05, 0.1) is 5.56 Å². The molecule has 0 unspecified atom stereocenters. The van der Waals surface area contributed by atoms with Crippen LogP contribution in [0, 0.1) is 5.92 Å². The number of carbonyl (C=O) groups excluding carboxylic acids is 2. The number of fused-ring (bicyclic) bond motifs is 1. The second kappa shape index (κ2) is 13.1. The van der Waals surface area contributed by atoms with Crippen LogP contribution in [0.15, 0.2) is 59.4 Å². The van der Waals surface area contributed by atoms with E-state index in [0.29, 0.717) is 12.3 Å². The minimum Gasteiger partial charge on any atom is -0.350 e. The highest BCUT2D eigenvalue weighted by Crippen LogP contribution is 2.34. The lowest BCUT2D eigenvalue weighted by atomic mass is 9.86. The molecule has 10 nitrogen and oxygen atoms in total. The first kappa shape index (κ1) is 31.0. The molecule has 2 heterocycles. The molecular weight excluding hydrogens is 575 g/mol. The fourth-order valence-electron chi connectivity index (χ4n) is 5.90. The first-order valence-corrected chi connectivity index (χ1v) is 14.6. The molecule has 0 atom stereocenters. The third kappa shape index (κ3) is 7.76. The molecule has 1 aliphatic rings. The Morgan fingerprint density at radius 3 is 2.45 bits per heavy atom. The van der Waals surface area contributed by atoms with Crippen molar-refractivity contribution in [2.24, 2.45) is 13.0 Å². The van der Waals surface area contributed by atoms with Crippen LogP contribution in [0.2, 0.25) is 0 Å². The van der Waals surface area contributed by atoms with Crippen LogP contribution in [-0.2, 0) is 24.4 Å². The van der Waals surface area contributed by atoms with Crippen LogP contribution in [0.1, 0.15) is 49.3 Å². The van der Waals surface area contributed by atoms with Crippen LogP contribution in [0.25, 0.3) is 10.9 Å². The summed E-state index contributed by atoms with van der Waals surface area (Å²) in [5.41, 5.74) is 0.750. The highest BCUT2D eigenvalue weighted by atomic mass is 19.4. The van der Waals surface area contributed by atoms with Crippen LogP contribution < -0.4 is 20.6 Å². The molecule has 44 heavy (non-hydrogen) atoms. The number of halogens is 3. The quantitative estimate of drug-likeness (QED) is 0.202. The highest BCUT2D eigenvalue weighted by Gasteiger charge is 2.32. The van der Waals surface area contributed by atoms with E-state index < -0.39 is 23.7 Å². The van der Waals surface area contributed by atoms with Crippen LogP contribution in [0.3, 0.4) is 0 Å². The smallest absolute Gasteiger partial charge is 0.350 e. The van der Waals surface area contributed by atoms with Gasteiger partial charge in [-0.2, -0.15) is 13.2 Å². The summed E-state index contributed by atoms with van der Waals surface area (Å²) in [6.45, 7) is 1.04. The zero-order chi connectivity index (χ0) is 31.4. The zero-order valence-corrected chi connectivity index (χ0v) is 24.9. The number of anilines is 3. The maximum absolute atomic E-state index is 13.7. The summed E-state index contributed by atoms with van der Waals surface area (Å²) in [6.07, 6.45) is 3.28. The summed E-state index contributed by atoms with van der Waals surface area (Å²) in [5.74, 6) is 0.241. The van der Waals surface area contributed by atoms with E-state index in [-0.39, 0.29) is 29.7 Å². The van der Waals surface area contributed by atoms with E-state index in [1.807, 2.05) is 42.1 Å². The first-order chi connectivity index (χ1) is 20.9. The van der Waals surface area contributed by atoms with Crippen molar-refractivity contribution in [1.29, 1.82) is 0 Å². The normalized spacial score (nSPS) is 17.2. The number of alkyl halides is 3. The number of carbonyl (C=O) groups is 2. The van der Waals surface area contributed by atoms with Crippen molar-refractivity contribution < 1.29 is 32.0 Å². The number of benzene rings is 2. The van der Waals surface area contributed by atoms with E-state index in [1.165, 1.54) is 6.07 Å². The Hall–Kier alpha value is -4.39. The predicted molar refractivity (Wildman–Crippen MR) is 160 cm³/mol. The molecule has 1 fully saturated rings. The van der Waals surface area contributed by atoms with Crippen LogP contribution >= 0.6 is 0 Å². The number of aryl methyl sites for hydroxylation is 2. The standard InChI is InChI=1S/C31H36F3N7O3/c1-39(2)17-20-8-11-25(12-9-20)41-19-29(44-38-41)37-30(43)36-24-15-22(31(32,33)34)14-23(16-24)35-28(42)13-10-21-18-40(3)27-7-5-4-6-26(21)27/h4-7,14-16,18-20,25H,8-13,17H2,1-3H3,(H2-,35,36,37,38,42,43)/p+1. The molecule has 0 spiro atoms. The van der Waals surface area contributed by atoms with Crippen molar-refractivity contribution in [3.63, 3.8) is 0 Å². The van der Waals surface area contributed by atoms with Gasteiger partial charge in [-0.25, -0.2) is 4.79 Å². The van der Waals surface area contributed by atoms with E-state index in [1.54, 1.807) is 10.9 Å². The minimum atomic E-state index is -4.70. The van der Waals surface area contributed by atoms with Gasteiger partial charge in [0.25, 0.3) is 6.20 Å². The third-order valence-electron chi connectivity index (χ3n) is 7.94. The molecular formula is C31H37F3N7O3+. The Morgan fingerprint density at radius 2 is 1.75 bits per heavy atom. The van der Waals surface area contributed by atoms with E-state index in [4.69, 9.17) is 4.52 Å². The van der Waals surface area contributed by atoms with Crippen molar-refractivity contribution in [3.05, 3.63) is 66.0 Å². The van der Waals surface area contributed by atoms with Crippen molar-refractivity contribution in [1.82, 2.24) is 14.7 Å². The van der Waals surface area contributed by atoms with Gasteiger partial charge in [0.1, 0.15) is 0 Å². The molecule has 1 saturated carbocycles. The minimum absolute atomic E-state index is 0.0619. The lowest BCUT2D eigenvalue weighted by Gasteiger charge is -2.26. The Bertz CT molecular complexity index is 1620. The second-order valence-corrected chi connectivity index (χ2v) is 11.7. The lowest BCUT2D eigenvalue weighted by molar-refractivity contribution is -0.787. The van der Waals surface area contributed by atoms with Crippen LogP contribution in [0.5, 0.6) is 0 Å². The Morgan fingerprint density at radius 1 is 1.05 bits per heavy atom. The first-order valence-electron chi connectivity index (χ1n) is 14.6. The van der Waals surface area contributed by atoms with E-state index in [9.17, 15) is 22.8 Å². The number of hydrogen-bond donors (Lipinski definition) is 3. The number of aromatic nitrogens is 3. The SMILES string of the molecule is CN(C)CC1CCC([n+]2cc(NC(=O)Nc3cc(NC(=O)CCc4cn(C)c5ccccc45)cc(C(F)(F)F)c3)on2)CC1. The number of urea groups is 1. The molecule has 3 N–H and O–H groups in total. The molecule has 234 valence electrons. The largest absolute Gasteiger partial charge is 0.416 e. The predicted octanol–water partition coefficient (Wildman–Crippen LogP) is 5.98. The molecule has 2 aromatic heterocycles. The third-order valence-corrected chi connectivity index (χ3v) is 7.94. The van der Waals surface area contributed by atoms with Crippen molar-refractivity contribution in [2.75, 3.05) is 36.6 Å². The van der Waals surface area contributed by atoms with E-state index >= 15 is 0 Å². The van der Waals surface area contributed by atoms with Gasteiger partial charge in [0.2, 0.25) is 11.2 Å². The van der Waals surface area contributed by atoms with Gasteiger partial charge >= 0.3 is 18.1 Å². The maximum Gasteiger partial charge on any atom is 0.416 e. The fourth-order valence-corrected chi connectivity index (χ4v) is 5.90. The van der Waals surface area contributed by atoms with E-state index in [2.05, 4.69) is 40.2 Å². The molecule has 1 aliphatic carbocycles. The molecule has 2 aromatic carbocycles. The van der Waals surface area contributed by atoms with Gasteiger partial charge in [-0.3, -0.25) is 14.6 Å². The molecule has 0 saturated heterocycles. The summed E-state index contributed by atoms with van der Waals surface area (Å²) >= 11 is 0. The van der Waals surface area contributed by atoms with Gasteiger partial charge in [-0.05, 0) is 73.8 Å². The maximum atomic E-state index is 13.7. The summed E-state index contributed by atoms with van der Waals surface area (Å²) < 4.78 is 50.0. The summed E-state index contributed by atoms with van der Waals surface area (Å²) in [5, 5.41) is 12.5. The topological polar surface area (TPSA) is 108 Å². The van der Waals surface area contributed by atoms with Crippen molar-refractivity contribution in [2.45, 2.75) is 50.7 Å². The summed E-state index contributed by atoms with van der Waals surface area (Å²) in [7, 11) is 6.04. The number of nitrogens with zero attached hydrogens (tertiary/aromatic N) is 4. The molecule has 4 aromatic rings. The number of hydrogen-bond acceptors (Lipinski definition) is 5. The Balaban J connectivity index is 1.20. The second-order valence-electron chi connectivity index (χ2n) is 11.7. The van der Waals surface area contributed by atoms with Gasteiger partial charge in [0, 0.05) is 61.3 Å². The number of para-hydroxylation sites is 1. The van der Waals surface area contributed by atoms with Crippen LogP contribution in [0.4, 0.5) is 35.2 Å². The zero-order valence-electron chi connectivity index (χ0n) is 24.9. The highest BCUT2D eigenvalue weighted by molar-refractivity contribution is 6.00. The molecule has 3 amide bonds. The van der Waals surface area contributed by atoms with Gasteiger partial charge in [-0.15, -0.1) is 0 Å². The van der Waals surface area contributed by atoms with Gasteiger partial charge in [-0.1, -0.05) is 18.2 Å². The average Bonchev–Trinajstić information content (AvgIpc) is 3.55. The average molecular weight is 613 g/mol. The summed E-state index contributed by atoms with van der Waals surface area (Å²) in [4.78, 5) is 27.6. The van der Waals surface area contributed by atoms with Crippen molar-refractivity contribution in [3.8, 4) is 0 Å².